The molecule has 0 amide bonds. The molecule has 3 rings (SSSR count). The summed E-state index contributed by atoms with van der Waals surface area (Å²) >= 11 is 1.61. The van der Waals surface area contributed by atoms with Gasteiger partial charge in [-0.3, -0.25) is 0 Å². The normalized spacial score (nSPS) is 11.5. The molecule has 0 fully saturated rings. The lowest BCUT2D eigenvalue weighted by molar-refractivity contribution is 0.552. The van der Waals surface area contributed by atoms with Crippen LogP contribution in [0.25, 0.3) is 11.3 Å². The van der Waals surface area contributed by atoms with Crippen molar-refractivity contribution in [3.63, 3.8) is 0 Å². The van der Waals surface area contributed by atoms with Crippen LogP contribution in [0, 0.1) is 13.8 Å². The van der Waals surface area contributed by atoms with Crippen LogP contribution in [0.15, 0.2) is 51.7 Å². The average Bonchev–Trinajstić information content (AvgIpc) is 3.23. The predicted octanol–water partition coefficient (Wildman–Crippen LogP) is 5.12. The highest BCUT2D eigenvalue weighted by Crippen LogP contribution is 2.28. The number of benzene rings is 2. The Morgan fingerprint density at radius 2 is 1.84 bits per heavy atom. The molecule has 32 heavy (non-hydrogen) atoms. The number of rotatable bonds is 8. The molecule has 0 atom stereocenters. The molecule has 0 aliphatic carbocycles. The minimum atomic E-state index is -3.44. The molecule has 0 saturated heterocycles. The molecule has 3 aromatic rings. The van der Waals surface area contributed by atoms with Crippen LogP contribution < -0.4 is 4.72 Å². The van der Waals surface area contributed by atoms with Gasteiger partial charge in [-0.25, -0.2) is 23.1 Å². The molecule has 0 unspecified atom stereocenters. The molecule has 1 aromatic heterocycles. The Morgan fingerprint density at radius 3 is 2.47 bits per heavy atom. The first-order valence-electron chi connectivity index (χ1n) is 10.1. The molecule has 0 aliphatic heterocycles. The van der Waals surface area contributed by atoms with Crippen molar-refractivity contribution in [1.82, 2.24) is 14.6 Å². The van der Waals surface area contributed by atoms with Gasteiger partial charge in [0, 0.05) is 31.0 Å². The summed E-state index contributed by atoms with van der Waals surface area (Å²) in [6.45, 7) is 7.19. The Bertz CT molecular complexity index is 1190. The third-order valence-corrected chi connectivity index (χ3v) is 7.45. The van der Waals surface area contributed by atoms with Gasteiger partial charge >= 0.3 is 0 Å². The molecule has 2 aromatic carbocycles. The number of aromatic nitrogens is 1. The summed E-state index contributed by atoms with van der Waals surface area (Å²) in [6, 6.07) is 11.1. The van der Waals surface area contributed by atoms with E-state index in [1.54, 1.807) is 35.6 Å². The minimum absolute atomic E-state index is 0. The highest BCUT2D eigenvalue weighted by atomic mass is 79.9. The number of sulfonamides is 1. The smallest absolute Gasteiger partial charge is 0.240 e. The number of halogens is 1. The fourth-order valence-electron chi connectivity index (χ4n) is 3.04. The molecule has 6 nitrogen and oxygen atoms in total. The zero-order valence-electron chi connectivity index (χ0n) is 18.9. The SMILES string of the molecule is Br.CCN(C)/C=N/c1cc(C)c(Cc2nc(-c3ccc(S(=O)(=O)NC)cc3)cs2)cc1C. The van der Waals surface area contributed by atoms with Gasteiger partial charge in [-0.1, -0.05) is 18.2 Å². The van der Waals surface area contributed by atoms with Crippen molar-refractivity contribution in [3.05, 3.63) is 63.5 Å². The van der Waals surface area contributed by atoms with Gasteiger partial charge in [0.05, 0.1) is 27.6 Å². The Balaban J connectivity index is 0.00000363. The first-order valence-corrected chi connectivity index (χ1v) is 12.4. The van der Waals surface area contributed by atoms with E-state index in [2.05, 4.69) is 42.6 Å². The van der Waals surface area contributed by atoms with Crippen molar-refractivity contribution in [2.24, 2.45) is 4.99 Å². The quantitative estimate of drug-likeness (QED) is 0.320. The highest BCUT2D eigenvalue weighted by Gasteiger charge is 2.13. The lowest BCUT2D eigenvalue weighted by Gasteiger charge is -2.11. The molecule has 0 aliphatic rings. The van der Waals surface area contributed by atoms with Crippen LogP contribution in [-0.4, -0.2) is 45.3 Å². The average molecular weight is 538 g/mol. The molecule has 9 heteroatoms. The van der Waals surface area contributed by atoms with E-state index in [1.807, 2.05) is 23.7 Å². The van der Waals surface area contributed by atoms with Crippen LogP contribution in [0.1, 0.15) is 28.6 Å². The van der Waals surface area contributed by atoms with Crippen molar-refractivity contribution in [1.29, 1.82) is 0 Å². The van der Waals surface area contributed by atoms with Crippen LogP contribution in [0.2, 0.25) is 0 Å². The number of aryl methyl sites for hydroxylation is 2. The molecule has 0 saturated carbocycles. The third-order valence-electron chi connectivity index (χ3n) is 5.17. The molecular weight excluding hydrogens is 508 g/mol. The topological polar surface area (TPSA) is 74.7 Å². The summed E-state index contributed by atoms with van der Waals surface area (Å²) in [5.41, 5.74) is 6.30. The van der Waals surface area contributed by atoms with Gasteiger partial charge in [0.25, 0.3) is 0 Å². The molecular formula is C23H29BrN4O2S2. The fourth-order valence-corrected chi connectivity index (χ4v) is 4.60. The molecule has 0 bridgehead atoms. The van der Waals surface area contributed by atoms with Crippen molar-refractivity contribution < 1.29 is 8.42 Å². The first-order chi connectivity index (χ1) is 14.7. The number of hydrogen-bond acceptors (Lipinski definition) is 5. The first kappa shape index (κ1) is 26.2. The summed E-state index contributed by atoms with van der Waals surface area (Å²) in [4.78, 5) is 11.7. The lowest BCUT2D eigenvalue weighted by atomic mass is 10.0. The van der Waals surface area contributed by atoms with Crippen LogP contribution in [0.4, 0.5) is 5.69 Å². The van der Waals surface area contributed by atoms with E-state index in [-0.39, 0.29) is 21.9 Å². The van der Waals surface area contributed by atoms with Crippen LogP contribution in [-0.2, 0) is 16.4 Å². The van der Waals surface area contributed by atoms with E-state index in [4.69, 9.17) is 4.98 Å². The summed E-state index contributed by atoms with van der Waals surface area (Å²) in [6.07, 6.45) is 2.62. The third kappa shape index (κ3) is 6.25. The monoisotopic (exact) mass is 536 g/mol. The lowest BCUT2D eigenvalue weighted by Crippen LogP contribution is -2.18. The highest BCUT2D eigenvalue weighted by molar-refractivity contribution is 8.93. The maximum Gasteiger partial charge on any atom is 0.240 e. The van der Waals surface area contributed by atoms with E-state index in [9.17, 15) is 8.42 Å². The van der Waals surface area contributed by atoms with Crippen molar-refractivity contribution in [3.8, 4) is 11.3 Å². The van der Waals surface area contributed by atoms with E-state index >= 15 is 0 Å². The summed E-state index contributed by atoms with van der Waals surface area (Å²) in [5, 5.41) is 3.03. The van der Waals surface area contributed by atoms with Crippen LogP contribution >= 0.6 is 28.3 Å². The summed E-state index contributed by atoms with van der Waals surface area (Å²) in [5.74, 6) is 0. The second-order valence-corrected chi connectivity index (χ2v) is 10.2. The van der Waals surface area contributed by atoms with E-state index in [1.165, 1.54) is 18.2 Å². The van der Waals surface area contributed by atoms with Gasteiger partial charge in [0.1, 0.15) is 0 Å². The van der Waals surface area contributed by atoms with E-state index in [0.717, 1.165) is 40.5 Å². The number of nitrogens with one attached hydrogen (secondary N) is 1. The Labute approximate surface area is 205 Å². The summed E-state index contributed by atoms with van der Waals surface area (Å²) < 4.78 is 26.1. The minimum Gasteiger partial charge on any atom is -0.366 e. The molecule has 0 spiro atoms. The van der Waals surface area contributed by atoms with Gasteiger partial charge in [0.15, 0.2) is 0 Å². The molecule has 172 valence electrons. The number of nitrogens with zero attached hydrogens (tertiary/aromatic N) is 3. The van der Waals surface area contributed by atoms with Crippen LogP contribution in [0.3, 0.4) is 0 Å². The second kappa shape index (κ2) is 11.2. The molecule has 1 heterocycles. The van der Waals surface area contributed by atoms with E-state index in [0.29, 0.717) is 0 Å². The summed E-state index contributed by atoms with van der Waals surface area (Å²) in [7, 11) is -0.0239. The van der Waals surface area contributed by atoms with E-state index < -0.39 is 10.0 Å². The Hall–Kier alpha value is -2.07. The van der Waals surface area contributed by atoms with Gasteiger partial charge in [-0.05, 0) is 62.7 Å². The fraction of sp³-hybridized carbons (Fsp3) is 0.304. The van der Waals surface area contributed by atoms with Crippen molar-refractivity contribution in [2.45, 2.75) is 32.1 Å². The predicted molar refractivity (Wildman–Crippen MR) is 139 cm³/mol. The number of thiazole rings is 1. The zero-order chi connectivity index (χ0) is 22.6. The Morgan fingerprint density at radius 1 is 1.16 bits per heavy atom. The maximum absolute atomic E-state index is 11.9. The standard InChI is InChI=1S/C23H28N4O2S2.BrH/c1-6-27(5)15-25-21-12-16(2)19(11-17(21)3)13-23-26-22(14-30-23)18-7-9-20(10-8-18)31(28,29)24-4;/h7-12,14-15,24H,6,13H2,1-5H3;1H/b25-15+;. The maximum atomic E-state index is 11.9. The largest absolute Gasteiger partial charge is 0.366 e. The number of hydrogen-bond donors (Lipinski definition) is 1. The molecule has 1 N–H and O–H groups in total. The zero-order valence-corrected chi connectivity index (χ0v) is 22.3. The van der Waals surface area contributed by atoms with Gasteiger partial charge in [0.2, 0.25) is 10.0 Å². The number of aliphatic imine (C=N–C) groups is 1. The van der Waals surface area contributed by atoms with Crippen molar-refractivity contribution in [2.75, 3.05) is 20.6 Å². The van der Waals surface area contributed by atoms with Gasteiger partial charge in [-0.2, -0.15) is 0 Å². The Kier molecular flexibility index (Phi) is 9.15. The van der Waals surface area contributed by atoms with Gasteiger partial charge in [-0.15, -0.1) is 28.3 Å². The van der Waals surface area contributed by atoms with Crippen molar-refractivity contribution >= 4 is 50.4 Å². The molecule has 0 radical (unpaired) electrons. The second-order valence-electron chi connectivity index (χ2n) is 7.42. The van der Waals surface area contributed by atoms with Gasteiger partial charge < -0.3 is 4.90 Å². The van der Waals surface area contributed by atoms with Crippen LogP contribution in [0.5, 0.6) is 0 Å².